The third-order valence-electron chi connectivity index (χ3n) is 14.1. The zero-order valence-electron chi connectivity index (χ0n) is 47.8. The summed E-state index contributed by atoms with van der Waals surface area (Å²) in [6.45, 7) is 6.56. The molecule has 0 N–H and O–H groups in total. The Labute approximate surface area is 442 Å². The Morgan fingerprint density at radius 3 is 0.887 bits per heavy atom. The molecule has 6 nitrogen and oxygen atoms in total. The maximum atomic E-state index is 12.8. The minimum absolute atomic E-state index is 0.0772. The Morgan fingerprint density at radius 2 is 0.549 bits per heavy atom. The van der Waals surface area contributed by atoms with Crippen molar-refractivity contribution in [2.24, 2.45) is 0 Å². The lowest BCUT2D eigenvalue weighted by Crippen LogP contribution is -2.30. The number of carbonyl (C=O) groups excluding carboxylic acids is 3. The number of ether oxygens (including phenoxy) is 3. The van der Waals surface area contributed by atoms with Crippen molar-refractivity contribution in [1.29, 1.82) is 0 Å². The van der Waals surface area contributed by atoms with Crippen LogP contribution in [0.3, 0.4) is 0 Å². The maximum Gasteiger partial charge on any atom is 0.306 e. The summed E-state index contributed by atoms with van der Waals surface area (Å²) < 4.78 is 16.8. The van der Waals surface area contributed by atoms with E-state index in [0.717, 1.165) is 96.3 Å². The summed E-state index contributed by atoms with van der Waals surface area (Å²) in [5.41, 5.74) is 0. The second-order valence-corrected chi connectivity index (χ2v) is 21.3. The van der Waals surface area contributed by atoms with Gasteiger partial charge < -0.3 is 14.2 Å². The number of rotatable bonds is 58. The van der Waals surface area contributed by atoms with E-state index in [4.69, 9.17) is 14.2 Å². The minimum Gasteiger partial charge on any atom is -0.462 e. The van der Waals surface area contributed by atoms with Gasteiger partial charge in [-0.25, -0.2) is 0 Å². The standard InChI is InChI=1S/C65H120O6/c1-4-7-10-13-16-19-22-24-26-27-28-29-30-31-32-33-34-35-36-37-38-39-40-42-43-46-49-52-55-58-64(67)70-61-62(60-69-63(66)57-54-51-48-45-21-18-15-12-9-6-3)71-65(68)59-56-53-50-47-44-41-25-23-20-17-14-11-8-5-2/h12,14-15,17,23,25,62H,4-11,13,16,18-22,24,26-61H2,1-3H3/b15-12-,17-14-,25-23-. The van der Waals surface area contributed by atoms with E-state index in [2.05, 4.69) is 57.2 Å². The van der Waals surface area contributed by atoms with E-state index in [-0.39, 0.29) is 31.1 Å². The van der Waals surface area contributed by atoms with Crippen molar-refractivity contribution in [3.05, 3.63) is 36.5 Å². The van der Waals surface area contributed by atoms with Crippen LogP contribution in [0.2, 0.25) is 0 Å². The molecular formula is C65H120O6. The second kappa shape index (κ2) is 60.2. The molecular weight excluding hydrogens is 877 g/mol. The van der Waals surface area contributed by atoms with Gasteiger partial charge in [-0.2, -0.15) is 0 Å². The lowest BCUT2D eigenvalue weighted by molar-refractivity contribution is -0.167. The highest BCUT2D eigenvalue weighted by Gasteiger charge is 2.19. The van der Waals surface area contributed by atoms with Crippen molar-refractivity contribution in [3.8, 4) is 0 Å². The van der Waals surface area contributed by atoms with E-state index in [0.29, 0.717) is 19.3 Å². The number of allylic oxidation sites excluding steroid dienone is 6. The van der Waals surface area contributed by atoms with Gasteiger partial charge in [-0.15, -0.1) is 0 Å². The quantitative estimate of drug-likeness (QED) is 0.0261. The Bertz CT molecular complexity index is 1190. The fourth-order valence-electron chi connectivity index (χ4n) is 9.35. The highest BCUT2D eigenvalue weighted by molar-refractivity contribution is 5.71. The van der Waals surface area contributed by atoms with Crippen LogP contribution in [0.1, 0.15) is 342 Å². The molecule has 416 valence electrons. The highest BCUT2D eigenvalue weighted by Crippen LogP contribution is 2.18. The molecule has 0 saturated heterocycles. The zero-order chi connectivity index (χ0) is 51.4. The van der Waals surface area contributed by atoms with Gasteiger partial charge in [0.05, 0.1) is 0 Å². The minimum atomic E-state index is -0.780. The van der Waals surface area contributed by atoms with E-state index < -0.39 is 6.10 Å². The zero-order valence-corrected chi connectivity index (χ0v) is 47.8. The number of hydrogen-bond donors (Lipinski definition) is 0. The molecule has 0 fully saturated rings. The average Bonchev–Trinajstić information content (AvgIpc) is 3.37. The van der Waals surface area contributed by atoms with Crippen LogP contribution in [0.4, 0.5) is 0 Å². The molecule has 0 aromatic carbocycles. The van der Waals surface area contributed by atoms with E-state index >= 15 is 0 Å². The first-order valence-corrected chi connectivity index (χ1v) is 31.5. The molecule has 71 heavy (non-hydrogen) atoms. The topological polar surface area (TPSA) is 78.9 Å². The summed E-state index contributed by atoms with van der Waals surface area (Å²) in [5, 5.41) is 0. The highest BCUT2D eigenvalue weighted by atomic mass is 16.6. The molecule has 1 atom stereocenters. The second-order valence-electron chi connectivity index (χ2n) is 21.3. The van der Waals surface area contributed by atoms with Crippen molar-refractivity contribution in [2.45, 2.75) is 348 Å². The van der Waals surface area contributed by atoms with E-state index in [1.165, 1.54) is 205 Å². The summed E-state index contributed by atoms with van der Waals surface area (Å²) in [4.78, 5) is 38.1. The third kappa shape index (κ3) is 58.4. The Kier molecular flexibility index (Phi) is 58.2. The largest absolute Gasteiger partial charge is 0.462 e. The lowest BCUT2D eigenvalue weighted by atomic mass is 10.0. The van der Waals surface area contributed by atoms with Gasteiger partial charge in [0.1, 0.15) is 13.2 Å². The third-order valence-corrected chi connectivity index (χ3v) is 14.1. The predicted molar refractivity (Wildman–Crippen MR) is 307 cm³/mol. The number of esters is 3. The molecule has 0 saturated carbocycles. The molecule has 1 unspecified atom stereocenters. The van der Waals surface area contributed by atoms with Crippen LogP contribution in [0.5, 0.6) is 0 Å². The first kappa shape index (κ1) is 68.6. The van der Waals surface area contributed by atoms with Gasteiger partial charge >= 0.3 is 17.9 Å². The van der Waals surface area contributed by atoms with E-state index in [1.807, 2.05) is 0 Å². The lowest BCUT2D eigenvalue weighted by Gasteiger charge is -2.18. The van der Waals surface area contributed by atoms with Crippen molar-refractivity contribution < 1.29 is 28.6 Å². The van der Waals surface area contributed by atoms with Gasteiger partial charge in [0, 0.05) is 19.3 Å². The molecule has 0 aliphatic carbocycles. The molecule has 0 heterocycles. The molecule has 0 aliphatic heterocycles. The average molecular weight is 998 g/mol. The molecule has 0 aromatic heterocycles. The monoisotopic (exact) mass is 997 g/mol. The molecule has 0 aliphatic rings. The Morgan fingerprint density at radius 1 is 0.282 bits per heavy atom. The van der Waals surface area contributed by atoms with Gasteiger partial charge in [0.15, 0.2) is 6.10 Å². The molecule has 6 heteroatoms. The van der Waals surface area contributed by atoms with Crippen molar-refractivity contribution in [1.82, 2.24) is 0 Å². The van der Waals surface area contributed by atoms with Crippen molar-refractivity contribution in [3.63, 3.8) is 0 Å². The van der Waals surface area contributed by atoms with E-state index in [9.17, 15) is 14.4 Å². The van der Waals surface area contributed by atoms with Crippen LogP contribution < -0.4 is 0 Å². The molecule has 0 radical (unpaired) electrons. The van der Waals surface area contributed by atoms with Gasteiger partial charge in [0.2, 0.25) is 0 Å². The van der Waals surface area contributed by atoms with Crippen LogP contribution in [0, 0.1) is 0 Å². The molecule has 0 amide bonds. The summed E-state index contributed by atoms with van der Waals surface area (Å²) in [6, 6.07) is 0. The van der Waals surface area contributed by atoms with E-state index in [1.54, 1.807) is 0 Å². The molecule has 0 spiro atoms. The Balaban J connectivity index is 4.08. The van der Waals surface area contributed by atoms with Gasteiger partial charge in [-0.05, 0) is 64.2 Å². The van der Waals surface area contributed by atoms with Gasteiger partial charge in [0.25, 0.3) is 0 Å². The fourth-order valence-corrected chi connectivity index (χ4v) is 9.35. The van der Waals surface area contributed by atoms with Gasteiger partial charge in [-0.3, -0.25) is 14.4 Å². The smallest absolute Gasteiger partial charge is 0.306 e. The summed E-state index contributed by atoms with van der Waals surface area (Å²) in [7, 11) is 0. The van der Waals surface area contributed by atoms with Crippen molar-refractivity contribution in [2.75, 3.05) is 13.2 Å². The van der Waals surface area contributed by atoms with Crippen LogP contribution >= 0.6 is 0 Å². The predicted octanol–water partition coefficient (Wildman–Crippen LogP) is 21.2. The number of carbonyl (C=O) groups is 3. The maximum absolute atomic E-state index is 12.8. The van der Waals surface area contributed by atoms with Gasteiger partial charge in [-0.1, -0.05) is 295 Å². The van der Waals surface area contributed by atoms with Crippen LogP contribution in [0.25, 0.3) is 0 Å². The number of unbranched alkanes of at least 4 members (excludes halogenated alkanes) is 41. The fraction of sp³-hybridized carbons (Fsp3) is 0.862. The Hall–Kier alpha value is -2.37. The van der Waals surface area contributed by atoms with Crippen LogP contribution in [0.15, 0.2) is 36.5 Å². The van der Waals surface area contributed by atoms with Crippen LogP contribution in [-0.4, -0.2) is 37.2 Å². The normalized spacial score (nSPS) is 12.2. The molecule has 0 rings (SSSR count). The number of hydrogen-bond acceptors (Lipinski definition) is 6. The summed E-state index contributed by atoms with van der Waals surface area (Å²) in [6.07, 6.45) is 73.2. The van der Waals surface area contributed by atoms with Crippen molar-refractivity contribution >= 4 is 17.9 Å². The first-order valence-electron chi connectivity index (χ1n) is 31.5. The summed E-state index contributed by atoms with van der Waals surface area (Å²) >= 11 is 0. The first-order chi connectivity index (χ1) is 35.0. The molecule has 0 aromatic rings. The van der Waals surface area contributed by atoms with Crippen LogP contribution in [-0.2, 0) is 28.6 Å². The molecule has 0 bridgehead atoms. The SMILES string of the molecule is CCC/C=C\CCCCCCCC(=O)OCC(COC(=O)CCCCCCCCCCCCCCCCCCCCCCCCCCCCCCC)OC(=O)CCCCCCC/C=C\C/C=C\CCCC. The summed E-state index contributed by atoms with van der Waals surface area (Å²) in [5.74, 6) is -0.886.